The van der Waals surface area contributed by atoms with Gasteiger partial charge in [-0.05, 0) is 92.2 Å². The van der Waals surface area contributed by atoms with Gasteiger partial charge in [-0.3, -0.25) is 0 Å². The molecule has 9 aromatic carbocycles. The average Bonchev–Trinajstić information content (AvgIpc) is 3.64. The van der Waals surface area contributed by atoms with E-state index in [1.807, 2.05) is 11.3 Å². The number of thiophene rings is 1. The van der Waals surface area contributed by atoms with Crippen LogP contribution in [-0.4, -0.2) is 0 Å². The second kappa shape index (κ2) is 13.7. The number of rotatable bonds is 7. The quantitative estimate of drug-likeness (QED) is 0.160. The Morgan fingerprint density at radius 3 is 1.65 bits per heavy atom. The Morgan fingerprint density at radius 1 is 0.315 bits per heavy atom. The Morgan fingerprint density at radius 2 is 0.852 bits per heavy atom. The zero-order valence-corrected chi connectivity index (χ0v) is 30.4. The fourth-order valence-electron chi connectivity index (χ4n) is 7.84. The number of hydrogen-bond donors (Lipinski definition) is 0. The van der Waals surface area contributed by atoms with E-state index in [1.165, 1.54) is 81.1 Å². The second-order valence-corrected chi connectivity index (χ2v) is 14.8. The Labute approximate surface area is 319 Å². The molecule has 2 heteroatoms. The van der Waals surface area contributed by atoms with Gasteiger partial charge in [0.2, 0.25) is 0 Å². The number of anilines is 3. The van der Waals surface area contributed by atoms with Gasteiger partial charge >= 0.3 is 0 Å². The largest absolute Gasteiger partial charge is 0.308 e. The van der Waals surface area contributed by atoms with Crippen LogP contribution in [0.1, 0.15) is 0 Å². The van der Waals surface area contributed by atoms with Crippen LogP contribution in [0.5, 0.6) is 0 Å². The Bertz CT molecular complexity index is 2910. The maximum absolute atomic E-state index is 2.46. The first-order valence-corrected chi connectivity index (χ1v) is 19.2. The molecule has 1 nitrogen and oxygen atoms in total. The summed E-state index contributed by atoms with van der Waals surface area (Å²) in [6, 6.07) is 77.1. The van der Waals surface area contributed by atoms with E-state index in [0.717, 1.165) is 11.4 Å². The van der Waals surface area contributed by atoms with E-state index in [9.17, 15) is 0 Å². The molecule has 0 bridgehead atoms. The lowest BCUT2D eigenvalue weighted by Crippen LogP contribution is -2.11. The van der Waals surface area contributed by atoms with Crippen LogP contribution in [0.15, 0.2) is 212 Å². The molecule has 0 atom stereocenters. The van der Waals surface area contributed by atoms with Gasteiger partial charge in [-0.1, -0.05) is 170 Å². The highest BCUT2D eigenvalue weighted by Crippen LogP contribution is 2.47. The zero-order chi connectivity index (χ0) is 35.8. The molecule has 1 heterocycles. The van der Waals surface area contributed by atoms with Gasteiger partial charge in [0.1, 0.15) is 0 Å². The first kappa shape index (κ1) is 32.0. The second-order valence-electron chi connectivity index (χ2n) is 13.7. The SMILES string of the molecule is c1ccc(-c2ccc(-c3ccccc3N(c3ccc(-c4cc(-c5ccccc5)c5ccccc5c4)cc3)c3cccc4c3sc3ccccc34)cc2)cc1. The fourth-order valence-corrected chi connectivity index (χ4v) is 9.04. The third kappa shape index (κ3) is 5.74. The van der Waals surface area contributed by atoms with E-state index in [4.69, 9.17) is 0 Å². The van der Waals surface area contributed by atoms with Crippen LogP contribution in [0, 0.1) is 0 Å². The predicted octanol–water partition coefficient (Wildman–Crippen LogP) is 15.3. The van der Waals surface area contributed by atoms with Crippen molar-refractivity contribution in [2.75, 3.05) is 4.90 Å². The van der Waals surface area contributed by atoms with Crippen LogP contribution in [0.3, 0.4) is 0 Å². The number of fused-ring (bicyclic) bond motifs is 4. The van der Waals surface area contributed by atoms with Crippen molar-refractivity contribution in [3.8, 4) is 44.5 Å². The molecule has 0 amide bonds. The lowest BCUT2D eigenvalue weighted by Gasteiger charge is -2.28. The molecule has 0 aliphatic carbocycles. The minimum Gasteiger partial charge on any atom is -0.308 e. The molecule has 10 rings (SSSR count). The number of para-hydroxylation sites is 1. The van der Waals surface area contributed by atoms with E-state index < -0.39 is 0 Å². The van der Waals surface area contributed by atoms with E-state index in [0.29, 0.717) is 0 Å². The van der Waals surface area contributed by atoms with Gasteiger partial charge in [0.25, 0.3) is 0 Å². The maximum Gasteiger partial charge on any atom is 0.0640 e. The van der Waals surface area contributed by atoms with E-state index in [-0.39, 0.29) is 0 Å². The van der Waals surface area contributed by atoms with Crippen LogP contribution < -0.4 is 4.90 Å². The summed E-state index contributed by atoms with van der Waals surface area (Å²) < 4.78 is 2.57. The molecule has 1 aromatic heterocycles. The first-order valence-electron chi connectivity index (χ1n) is 18.4. The third-order valence-electron chi connectivity index (χ3n) is 10.5. The summed E-state index contributed by atoms with van der Waals surface area (Å²) in [6.07, 6.45) is 0. The summed E-state index contributed by atoms with van der Waals surface area (Å²) in [6.45, 7) is 0. The highest BCUT2D eigenvalue weighted by molar-refractivity contribution is 7.26. The summed E-state index contributed by atoms with van der Waals surface area (Å²) >= 11 is 1.87. The van der Waals surface area contributed by atoms with Gasteiger partial charge in [0.05, 0.1) is 16.1 Å². The normalized spacial score (nSPS) is 11.3. The van der Waals surface area contributed by atoms with Gasteiger partial charge in [-0.2, -0.15) is 0 Å². The molecule has 10 aromatic rings. The molecular weight excluding hydrogens is 671 g/mol. The summed E-state index contributed by atoms with van der Waals surface area (Å²) in [5.74, 6) is 0. The zero-order valence-electron chi connectivity index (χ0n) is 29.6. The van der Waals surface area contributed by atoms with Gasteiger partial charge in [0.15, 0.2) is 0 Å². The molecule has 0 spiro atoms. The van der Waals surface area contributed by atoms with Crippen LogP contribution >= 0.6 is 11.3 Å². The molecule has 0 saturated carbocycles. The topological polar surface area (TPSA) is 3.24 Å². The van der Waals surface area contributed by atoms with Crippen molar-refractivity contribution >= 4 is 59.3 Å². The summed E-state index contributed by atoms with van der Waals surface area (Å²) in [4.78, 5) is 2.46. The summed E-state index contributed by atoms with van der Waals surface area (Å²) in [7, 11) is 0. The Hall–Kier alpha value is -6.74. The van der Waals surface area contributed by atoms with Crippen LogP contribution in [0.4, 0.5) is 17.1 Å². The van der Waals surface area contributed by atoms with Crippen molar-refractivity contribution < 1.29 is 0 Å². The minimum atomic E-state index is 1.11. The van der Waals surface area contributed by atoms with Crippen molar-refractivity contribution in [1.29, 1.82) is 0 Å². The van der Waals surface area contributed by atoms with Crippen LogP contribution in [0.25, 0.3) is 75.5 Å². The van der Waals surface area contributed by atoms with Gasteiger partial charge in [0, 0.05) is 26.7 Å². The molecule has 0 fully saturated rings. The predicted molar refractivity (Wildman–Crippen MR) is 233 cm³/mol. The molecule has 0 aliphatic rings. The lowest BCUT2D eigenvalue weighted by molar-refractivity contribution is 1.30. The van der Waals surface area contributed by atoms with Crippen LogP contribution in [-0.2, 0) is 0 Å². The van der Waals surface area contributed by atoms with Crippen molar-refractivity contribution in [2.24, 2.45) is 0 Å². The molecule has 54 heavy (non-hydrogen) atoms. The standard InChI is InChI=1S/C52H35NS/c1-3-14-36(15-4-1)37-26-28-40(29-27-37)45-20-9-11-23-49(45)53(50-24-13-22-47-46-21-10-12-25-51(46)54-52(47)50)43-32-30-38(31-33-43)42-34-41-18-7-8-19-44(41)48(35-42)39-16-5-2-6-17-39/h1-35H. The van der Waals surface area contributed by atoms with E-state index in [1.54, 1.807) is 0 Å². The molecule has 0 saturated heterocycles. The lowest BCUT2D eigenvalue weighted by atomic mass is 9.93. The maximum atomic E-state index is 2.46. The molecule has 0 aliphatic heterocycles. The molecule has 254 valence electrons. The van der Waals surface area contributed by atoms with Crippen LogP contribution in [0.2, 0.25) is 0 Å². The van der Waals surface area contributed by atoms with E-state index >= 15 is 0 Å². The smallest absolute Gasteiger partial charge is 0.0640 e. The van der Waals surface area contributed by atoms with Gasteiger partial charge in [-0.25, -0.2) is 0 Å². The first-order chi connectivity index (χ1) is 26.8. The highest BCUT2D eigenvalue weighted by Gasteiger charge is 2.21. The molecule has 0 N–H and O–H groups in total. The number of benzene rings is 9. The van der Waals surface area contributed by atoms with Gasteiger partial charge < -0.3 is 4.90 Å². The van der Waals surface area contributed by atoms with E-state index in [2.05, 4.69) is 217 Å². The monoisotopic (exact) mass is 705 g/mol. The summed E-state index contributed by atoms with van der Waals surface area (Å²) in [5, 5.41) is 5.08. The molecular formula is C52H35NS. The minimum absolute atomic E-state index is 1.11. The number of nitrogens with zero attached hydrogens (tertiary/aromatic N) is 1. The molecule has 0 radical (unpaired) electrons. The van der Waals surface area contributed by atoms with Crippen molar-refractivity contribution in [2.45, 2.75) is 0 Å². The Kier molecular flexibility index (Phi) is 8.09. The Balaban J connectivity index is 1.13. The van der Waals surface area contributed by atoms with Crippen molar-refractivity contribution in [3.05, 3.63) is 212 Å². The molecule has 0 unspecified atom stereocenters. The summed E-state index contributed by atoms with van der Waals surface area (Å²) in [5.41, 5.74) is 13.1. The number of hydrogen-bond acceptors (Lipinski definition) is 2. The third-order valence-corrected chi connectivity index (χ3v) is 11.7. The van der Waals surface area contributed by atoms with Crippen molar-refractivity contribution in [1.82, 2.24) is 0 Å². The van der Waals surface area contributed by atoms with Gasteiger partial charge in [-0.15, -0.1) is 11.3 Å². The van der Waals surface area contributed by atoms with Crippen molar-refractivity contribution in [3.63, 3.8) is 0 Å². The average molecular weight is 706 g/mol. The highest BCUT2D eigenvalue weighted by atomic mass is 32.1. The fraction of sp³-hybridized carbons (Fsp3) is 0.